The summed E-state index contributed by atoms with van der Waals surface area (Å²) in [4.78, 5) is 46.2. The van der Waals surface area contributed by atoms with Crippen molar-refractivity contribution in [3.05, 3.63) is 66.1 Å². The minimum absolute atomic E-state index is 0.0812. The van der Waals surface area contributed by atoms with Crippen LogP contribution in [0.5, 0.6) is 5.75 Å². The van der Waals surface area contributed by atoms with E-state index in [-0.39, 0.29) is 23.5 Å². The average Bonchev–Trinajstić information content (AvgIpc) is 2.84. The highest BCUT2D eigenvalue weighted by Gasteiger charge is 2.36. The molecule has 0 bridgehead atoms. The molecule has 2 N–H and O–H groups in total. The molecule has 3 rings (SSSR count). The third kappa shape index (κ3) is 8.25. The molecule has 12 heteroatoms. The Morgan fingerprint density at radius 3 is 2.31 bits per heavy atom. The van der Waals surface area contributed by atoms with Gasteiger partial charge in [0.25, 0.3) is 0 Å². The van der Waals surface area contributed by atoms with Crippen LogP contribution in [0.4, 0.5) is 29.3 Å². The number of benzene rings is 1. The third-order valence-corrected chi connectivity index (χ3v) is 5.00. The molecule has 0 atom stereocenters. The van der Waals surface area contributed by atoms with Crippen molar-refractivity contribution < 1.29 is 37.0 Å². The number of Topliss-reactive ketones (excluding diaryl/α,β-unsaturated/α-hetero) is 1. The molecule has 2 amide bonds. The SMILES string of the molecule is CCOc1cc(NC(=O)OC(C)(C)C)c(NC(=O)CC(=O)c2ccnc(-c3cccnc3)c2)cc1C(F)(F)F. The van der Waals surface area contributed by atoms with E-state index < -0.39 is 47.3 Å². The molecule has 0 aliphatic heterocycles. The summed E-state index contributed by atoms with van der Waals surface area (Å²) in [6, 6.07) is 7.93. The van der Waals surface area contributed by atoms with Gasteiger partial charge in [-0.1, -0.05) is 0 Å². The molecule has 0 unspecified atom stereocenters. The summed E-state index contributed by atoms with van der Waals surface area (Å²) in [7, 11) is 0. The molecule has 0 radical (unpaired) electrons. The molecule has 206 valence electrons. The maximum Gasteiger partial charge on any atom is 0.420 e. The molecule has 2 heterocycles. The molecule has 9 nitrogen and oxygen atoms in total. The van der Waals surface area contributed by atoms with E-state index in [0.717, 1.165) is 6.07 Å². The number of nitrogens with one attached hydrogen (secondary N) is 2. The molecular formula is C27H27F3N4O5. The lowest BCUT2D eigenvalue weighted by atomic mass is 10.1. The Labute approximate surface area is 222 Å². The van der Waals surface area contributed by atoms with Crippen molar-refractivity contribution in [1.29, 1.82) is 0 Å². The van der Waals surface area contributed by atoms with Crippen molar-refractivity contribution >= 4 is 29.2 Å². The Morgan fingerprint density at radius 2 is 1.69 bits per heavy atom. The lowest BCUT2D eigenvalue weighted by molar-refractivity contribution is -0.138. The molecule has 0 aliphatic carbocycles. The minimum atomic E-state index is -4.83. The van der Waals surface area contributed by atoms with Crippen LogP contribution in [0, 0.1) is 0 Å². The van der Waals surface area contributed by atoms with E-state index in [2.05, 4.69) is 20.6 Å². The van der Waals surface area contributed by atoms with Crippen LogP contribution >= 0.6 is 0 Å². The van der Waals surface area contributed by atoms with Crippen molar-refractivity contribution in [3.63, 3.8) is 0 Å². The zero-order chi connectivity index (χ0) is 28.8. The molecule has 0 saturated heterocycles. The first kappa shape index (κ1) is 29.1. The largest absolute Gasteiger partial charge is 0.493 e. The maximum atomic E-state index is 13.7. The molecule has 0 saturated carbocycles. The highest BCUT2D eigenvalue weighted by atomic mass is 19.4. The number of amides is 2. The van der Waals surface area contributed by atoms with Crippen LogP contribution in [0.3, 0.4) is 0 Å². The van der Waals surface area contributed by atoms with Gasteiger partial charge in [-0.2, -0.15) is 13.2 Å². The lowest BCUT2D eigenvalue weighted by Crippen LogP contribution is -2.28. The van der Waals surface area contributed by atoms with Gasteiger partial charge in [-0.25, -0.2) is 4.79 Å². The first-order valence-corrected chi connectivity index (χ1v) is 11.8. The standard InChI is InChI=1S/C27H27F3N4O5/c1-5-38-23-13-21(34-25(37)39-26(2,3)4)20(12-18(23)27(28,29)30)33-24(36)14-22(35)16-8-10-32-19(11-16)17-7-6-9-31-15-17/h6-13,15H,5,14H2,1-4H3,(H,33,36)(H,34,37). The Hall–Kier alpha value is -4.48. The normalized spacial score (nSPS) is 11.5. The Bertz CT molecular complexity index is 1360. The average molecular weight is 545 g/mol. The van der Waals surface area contributed by atoms with Gasteiger partial charge in [0.05, 0.1) is 35.7 Å². The first-order valence-electron chi connectivity index (χ1n) is 11.8. The number of carbonyl (C=O) groups is 3. The summed E-state index contributed by atoms with van der Waals surface area (Å²) in [6.07, 6.45) is -1.93. The van der Waals surface area contributed by atoms with Gasteiger partial charge in [0.2, 0.25) is 5.91 Å². The van der Waals surface area contributed by atoms with Gasteiger partial charge in [0.15, 0.2) is 5.78 Å². The van der Waals surface area contributed by atoms with Crippen molar-refractivity contribution in [1.82, 2.24) is 9.97 Å². The summed E-state index contributed by atoms with van der Waals surface area (Å²) >= 11 is 0. The fourth-order valence-electron chi connectivity index (χ4n) is 3.42. The number of nitrogens with zero attached hydrogens (tertiary/aromatic N) is 2. The number of carbonyl (C=O) groups excluding carboxylic acids is 3. The summed E-state index contributed by atoms with van der Waals surface area (Å²) in [5.41, 5.74) is -1.37. The van der Waals surface area contributed by atoms with Crippen molar-refractivity contribution in [3.8, 4) is 17.0 Å². The predicted molar refractivity (Wildman–Crippen MR) is 138 cm³/mol. The molecular weight excluding hydrogens is 517 g/mol. The van der Waals surface area contributed by atoms with E-state index in [1.54, 1.807) is 45.3 Å². The Kier molecular flexibility index (Phi) is 8.89. The molecule has 3 aromatic rings. The van der Waals surface area contributed by atoms with E-state index in [0.29, 0.717) is 17.3 Å². The summed E-state index contributed by atoms with van der Waals surface area (Å²) < 4.78 is 51.5. The third-order valence-electron chi connectivity index (χ3n) is 5.00. The quantitative estimate of drug-likeness (QED) is 0.259. The van der Waals surface area contributed by atoms with E-state index >= 15 is 0 Å². The second kappa shape index (κ2) is 11.9. The number of aromatic nitrogens is 2. The van der Waals surface area contributed by atoms with Gasteiger partial charge in [0, 0.05) is 35.8 Å². The highest BCUT2D eigenvalue weighted by molar-refractivity contribution is 6.12. The number of ether oxygens (including phenoxy) is 2. The fourth-order valence-corrected chi connectivity index (χ4v) is 3.42. The van der Waals surface area contributed by atoms with Gasteiger partial charge >= 0.3 is 12.3 Å². The molecule has 0 fully saturated rings. The number of anilines is 2. The van der Waals surface area contributed by atoms with Crippen molar-refractivity contribution in [2.45, 2.75) is 45.9 Å². The second-order valence-electron chi connectivity index (χ2n) is 9.27. The highest BCUT2D eigenvalue weighted by Crippen LogP contribution is 2.41. The topological polar surface area (TPSA) is 120 Å². The van der Waals surface area contributed by atoms with Gasteiger partial charge in [-0.05, 0) is 58.0 Å². The van der Waals surface area contributed by atoms with E-state index in [1.165, 1.54) is 25.3 Å². The molecule has 0 aliphatic rings. The summed E-state index contributed by atoms with van der Waals surface area (Å²) in [5, 5.41) is 4.63. The van der Waals surface area contributed by atoms with Crippen molar-refractivity contribution in [2.75, 3.05) is 17.2 Å². The zero-order valence-electron chi connectivity index (χ0n) is 21.7. The fraction of sp³-hybridized carbons (Fsp3) is 0.296. The number of hydrogen-bond acceptors (Lipinski definition) is 7. The predicted octanol–water partition coefficient (Wildman–Crippen LogP) is 6.12. The zero-order valence-corrected chi connectivity index (χ0v) is 21.7. The number of pyridine rings is 2. The monoisotopic (exact) mass is 544 g/mol. The molecule has 39 heavy (non-hydrogen) atoms. The molecule has 2 aromatic heterocycles. The summed E-state index contributed by atoms with van der Waals surface area (Å²) in [6.45, 7) is 6.25. The Balaban J connectivity index is 1.88. The van der Waals surface area contributed by atoms with Gasteiger partial charge in [-0.3, -0.25) is 24.9 Å². The first-order chi connectivity index (χ1) is 18.3. The molecule has 0 spiro atoms. The van der Waals surface area contributed by atoms with Gasteiger partial charge < -0.3 is 14.8 Å². The van der Waals surface area contributed by atoms with Crippen LogP contribution in [-0.2, 0) is 15.7 Å². The van der Waals surface area contributed by atoms with Crippen LogP contribution in [0.25, 0.3) is 11.3 Å². The number of rotatable bonds is 8. The van der Waals surface area contributed by atoms with Crippen LogP contribution in [0.2, 0.25) is 0 Å². The summed E-state index contributed by atoms with van der Waals surface area (Å²) in [5.74, 6) is -2.04. The minimum Gasteiger partial charge on any atom is -0.493 e. The molecule has 1 aromatic carbocycles. The van der Waals surface area contributed by atoms with Crippen LogP contribution < -0.4 is 15.4 Å². The van der Waals surface area contributed by atoms with E-state index in [4.69, 9.17) is 9.47 Å². The number of ketones is 1. The van der Waals surface area contributed by atoms with E-state index in [9.17, 15) is 27.6 Å². The van der Waals surface area contributed by atoms with E-state index in [1.807, 2.05) is 0 Å². The number of alkyl halides is 3. The number of hydrogen-bond donors (Lipinski definition) is 2. The smallest absolute Gasteiger partial charge is 0.420 e. The van der Waals surface area contributed by atoms with Crippen LogP contribution in [0.1, 0.15) is 50.0 Å². The lowest BCUT2D eigenvalue weighted by Gasteiger charge is -2.22. The number of halogens is 3. The maximum absolute atomic E-state index is 13.7. The van der Waals surface area contributed by atoms with Crippen LogP contribution in [-0.4, -0.2) is 40.0 Å². The van der Waals surface area contributed by atoms with Crippen molar-refractivity contribution in [2.24, 2.45) is 0 Å². The second-order valence-corrected chi connectivity index (χ2v) is 9.27. The van der Waals surface area contributed by atoms with Gasteiger partial charge in [0.1, 0.15) is 11.4 Å². The van der Waals surface area contributed by atoms with Gasteiger partial charge in [-0.15, -0.1) is 0 Å². The van der Waals surface area contributed by atoms with Crippen LogP contribution in [0.15, 0.2) is 55.0 Å². The Morgan fingerprint density at radius 1 is 0.974 bits per heavy atom.